The Labute approximate surface area is 118 Å². The van der Waals surface area contributed by atoms with Crippen LogP contribution in [0.3, 0.4) is 0 Å². The van der Waals surface area contributed by atoms with Crippen molar-refractivity contribution in [1.29, 1.82) is 0 Å². The SMILES string of the molecule is CCC(C)(CN)C(=O)Nc1ccc(-n2nccn2)cc1. The van der Waals surface area contributed by atoms with Crippen molar-refractivity contribution in [2.24, 2.45) is 11.1 Å². The van der Waals surface area contributed by atoms with Crippen LogP contribution in [-0.4, -0.2) is 27.4 Å². The molecule has 0 aliphatic heterocycles. The molecule has 106 valence electrons. The number of anilines is 1. The maximum absolute atomic E-state index is 12.2. The molecular formula is C14H19N5O. The van der Waals surface area contributed by atoms with E-state index in [1.807, 2.05) is 38.1 Å². The summed E-state index contributed by atoms with van der Waals surface area (Å²) in [6, 6.07) is 7.34. The lowest BCUT2D eigenvalue weighted by Gasteiger charge is -2.24. The molecule has 0 aliphatic rings. The Morgan fingerprint density at radius 1 is 1.30 bits per heavy atom. The first-order valence-corrected chi connectivity index (χ1v) is 6.57. The molecule has 1 heterocycles. The van der Waals surface area contributed by atoms with E-state index in [2.05, 4.69) is 15.5 Å². The first-order valence-electron chi connectivity index (χ1n) is 6.57. The van der Waals surface area contributed by atoms with Crippen molar-refractivity contribution in [3.63, 3.8) is 0 Å². The third-order valence-electron chi connectivity index (χ3n) is 3.55. The van der Waals surface area contributed by atoms with Crippen molar-refractivity contribution in [3.8, 4) is 5.69 Å². The standard InChI is InChI=1S/C14H19N5O/c1-3-14(2,10-15)13(20)18-11-4-6-12(7-5-11)19-16-8-9-17-19/h4-9H,3,10,15H2,1-2H3,(H,18,20). The maximum Gasteiger partial charge on any atom is 0.231 e. The first-order chi connectivity index (χ1) is 9.59. The highest BCUT2D eigenvalue weighted by Gasteiger charge is 2.29. The van der Waals surface area contributed by atoms with Crippen LogP contribution < -0.4 is 11.1 Å². The highest BCUT2D eigenvalue weighted by atomic mass is 16.2. The molecule has 6 heteroatoms. The van der Waals surface area contributed by atoms with Gasteiger partial charge in [0.2, 0.25) is 5.91 Å². The van der Waals surface area contributed by atoms with Crippen LogP contribution in [0.2, 0.25) is 0 Å². The van der Waals surface area contributed by atoms with Crippen LogP contribution in [-0.2, 0) is 4.79 Å². The molecule has 0 radical (unpaired) electrons. The minimum absolute atomic E-state index is 0.0625. The Morgan fingerprint density at radius 3 is 2.40 bits per heavy atom. The molecule has 1 aromatic carbocycles. The average Bonchev–Trinajstić information content (AvgIpc) is 3.01. The molecule has 0 spiro atoms. The number of nitrogens with one attached hydrogen (secondary N) is 1. The Kier molecular flexibility index (Phi) is 4.14. The van der Waals surface area contributed by atoms with Gasteiger partial charge in [0.25, 0.3) is 0 Å². The molecule has 0 fully saturated rings. The molecule has 0 aliphatic carbocycles. The molecule has 6 nitrogen and oxygen atoms in total. The van der Waals surface area contributed by atoms with Gasteiger partial charge in [0.1, 0.15) is 0 Å². The molecule has 1 unspecified atom stereocenters. The number of nitrogens with two attached hydrogens (primary N) is 1. The molecule has 1 amide bonds. The van der Waals surface area contributed by atoms with Gasteiger partial charge in [0.05, 0.1) is 23.5 Å². The van der Waals surface area contributed by atoms with Gasteiger partial charge < -0.3 is 11.1 Å². The third kappa shape index (κ3) is 2.85. The van der Waals surface area contributed by atoms with Gasteiger partial charge in [-0.1, -0.05) is 6.92 Å². The van der Waals surface area contributed by atoms with Crippen molar-refractivity contribution in [2.45, 2.75) is 20.3 Å². The second-order valence-corrected chi connectivity index (χ2v) is 4.94. The number of hydrogen-bond acceptors (Lipinski definition) is 4. The Balaban J connectivity index is 2.10. The fourth-order valence-electron chi connectivity index (χ4n) is 1.71. The summed E-state index contributed by atoms with van der Waals surface area (Å²) in [4.78, 5) is 13.7. The predicted octanol–water partition coefficient (Wildman–Crippen LogP) is 1.58. The zero-order chi connectivity index (χ0) is 14.6. The van der Waals surface area contributed by atoms with E-state index in [0.717, 1.165) is 11.4 Å². The van der Waals surface area contributed by atoms with E-state index in [1.54, 1.807) is 12.4 Å². The van der Waals surface area contributed by atoms with Crippen LogP contribution in [0.1, 0.15) is 20.3 Å². The number of hydrogen-bond donors (Lipinski definition) is 2. The van der Waals surface area contributed by atoms with Gasteiger partial charge in [-0.3, -0.25) is 4.79 Å². The summed E-state index contributed by atoms with van der Waals surface area (Å²) < 4.78 is 0. The van der Waals surface area contributed by atoms with E-state index in [1.165, 1.54) is 4.80 Å². The van der Waals surface area contributed by atoms with E-state index in [0.29, 0.717) is 13.0 Å². The zero-order valence-corrected chi connectivity index (χ0v) is 11.7. The van der Waals surface area contributed by atoms with Crippen molar-refractivity contribution in [3.05, 3.63) is 36.7 Å². The van der Waals surface area contributed by atoms with Crippen LogP contribution >= 0.6 is 0 Å². The molecule has 0 saturated heterocycles. The first kappa shape index (κ1) is 14.2. The van der Waals surface area contributed by atoms with E-state index in [-0.39, 0.29) is 5.91 Å². The van der Waals surface area contributed by atoms with E-state index < -0.39 is 5.41 Å². The van der Waals surface area contributed by atoms with Gasteiger partial charge in [-0.2, -0.15) is 15.0 Å². The number of benzene rings is 1. The molecule has 0 saturated carbocycles. The van der Waals surface area contributed by atoms with Gasteiger partial charge in [-0.15, -0.1) is 0 Å². The monoisotopic (exact) mass is 273 g/mol. The number of rotatable bonds is 5. The zero-order valence-electron chi connectivity index (χ0n) is 11.7. The number of nitrogens with zero attached hydrogens (tertiary/aromatic N) is 3. The van der Waals surface area contributed by atoms with E-state index in [9.17, 15) is 4.79 Å². The number of carbonyl (C=O) groups is 1. The molecule has 2 rings (SSSR count). The lowest BCUT2D eigenvalue weighted by molar-refractivity contribution is -0.124. The lowest BCUT2D eigenvalue weighted by Crippen LogP contribution is -2.39. The third-order valence-corrected chi connectivity index (χ3v) is 3.55. The van der Waals surface area contributed by atoms with Gasteiger partial charge in [-0.25, -0.2) is 0 Å². The topological polar surface area (TPSA) is 85.8 Å². The van der Waals surface area contributed by atoms with Crippen LogP contribution in [0.4, 0.5) is 5.69 Å². The average molecular weight is 273 g/mol. The van der Waals surface area contributed by atoms with Crippen LogP contribution in [0, 0.1) is 5.41 Å². The number of carbonyl (C=O) groups excluding carboxylic acids is 1. The Hall–Kier alpha value is -2.21. The van der Waals surface area contributed by atoms with Gasteiger partial charge in [-0.05, 0) is 37.6 Å². The van der Waals surface area contributed by atoms with Crippen molar-refractivity contribution >= 4 is 11.6 Å². The predicted molar refractivity (Wildman–Crippen MR) is 77.4 cm³/mol. The van der Waals surface area contributed by atoms with Gasteiger partial charge in [0.15, 0.2) is 0 Å². The second kappa shape index (κ2) is 5.83. The van der Waals surface area contributed by atoms with Crippen LogP contribution in [0.25, 0.3) is 5.69 Å². The highest BCUT2D eigenvalue weighted by molar-refractivity contribution is 5.95. The van der Waals surface area contributed by atoms with Gasteiger partial charge >= 0.3 is 0 Å². The molecule has 1 aromatic heterocycles. The van der Waals surface area contributed by atoms with E-state index >= 15 is 0 Å². The Morgan fingerprint density at radius 2 is 1.90 bits per heavy atom. The summed E-state index contributed by atoms with van der Waals surface area (Å²) >= 11 is 0. The minimum atomic E-state index is -0.539. The van der Waals surface area contributed by atoms with Crippen molar-refractivity contribution < 1.29 is 4.79 Å². The summed E-state index contributed by atoms with van der Waals surface area (Å²) in [6.45, 7) is 4.15. The molecule has 1 atom stereocenters. The summed E-state index contributed by atoms with van der Waals surface area (Å²) in [7, 11) is 0. The quantitative estimate of drug-likeness (QED) is 0.866. The summed E-state index contributed by atoms with van der Waals surface area (Å²) in [5.74, 6) is -0.0625. The summed E-state index contributed by atoms with van der Waals surface area (Å²) in [5.41, 5.74) is 6.71. The van der Waals surface area contributed by atoms with Crippen LogP contribution in [0.5, 0.6) is 0 Å². The van der Waals surface area contributed by atoms with Crippen LogP contribution in [0.15, 0.2) is 36.7 Å². The minimum Gasteiger partial charge on any atom is -0.329 e. The van der Waals surface area contributed by atoms with Crippen molar-refractivity contribution in [2.75, 3.05) is 11.9 Å². The fourth-order valence-corrected chi connectivity index (χ4v) is 1.71. The molecular weight excluding hydrogens is 254 g/mol. The smallest absolute Gasteiger partial charge is 0.231 e. The molecule has 2 aromatic rings. The molecule has 20 heavy (non-hydrogen) atoms. The maximum atomic E-state index is 12.2. The summed E-state index contributed by atoms with van der Waals surface area (Å²) in [6.07, 6.45) is 3.93. The fraction of sp³-hybridized carbons (Fsp3) is 0.357. The largest absolute Gasteiger partial charge is 0.329 e. The normalized spacial score (nSPS) is 13.8. The molecule has 0 bridgehead atoms. The number of amides is 1. The van der Waals surface area contributed by atoms with E-state index in [4.69, 9.17) is 5.73 Å². The highest BCUT2D eigenvalue weighted by Crippen LogP contribution is 2.22. The number of aromatic nitrogens is 3. The van der Waals surface area contributed by atoms with Gasteiger partial charge in [0, 0.05) is 12.2 Å². The summed E-state index contributed by atoms with van der Waals surface area (Å²) in [5, 5.41) is 11.0. The second-order valence-electron chi connectivity index (χ2n) is 4.94. The Bertz CT molecular complexity index is 558. The van der Waals surface area contributed by atoms with Crippen molar-refractivity contribution in [1.82, 2.24) is 15.0 Å². The molecule has 3 N–H and O–H groups in total. The lowest BCUT2D eigenvalue weighted by atomic mass is 9.86.